The van der Waals surface area contributed by atoms with Crippen molar-refractivity contribution < 1.29 is 25.9 Å². The molecule has 2 N–H and O–H groups in total. The summed E-state index contributed by atoms with van der Waals surface area (Å²) in [7, 11) is -10.2. The molecular formula is C24H11ClO6S2. The molecule has 0 aliphatic carbocycles. The Morgan fingerprint density at radius 2 is 0.939 bits per heavy atom. The van der Waals surface area contributed by atoms with E-state index in [0.717, 1.165) is 43.1 Å². The Labute approximate surface area is 191 Å². The van der Waals surface area contributed by atoms with Crippen molar-refractivity contribution in [1.29, 1.82) is 0 Å². The monoisotopic (exact) mass is 494 g/mol. The van der Waals surface area contributed by atoms with Gasteiger partial charge in [0, 0.05) is 21.5 Å². The lowest BCUT2D eigenvalue weighted by atomic mass is 9.83. The molecule has 0 bridgehead atoms. The van der Waals surface area contributed by atoms with E-state index < -0.39 is 30.0 Å². The molecule has 0 aromatic heterocycles. The van der Waals surface area contributed by atoms with Crippen LogP contribution in [-0.4, -0.2) is 25.9 Å². The molecule has 0 amide bonds. The fraction of sp³-hybridized carbons (Fsp3) is 0. The second-order valence-electron chi connectivity index (χ2n) is 8.29. The first-order chi connectivity index (χ1) is 15.6. The smallest absolute Gasteiger partial charge is 0.282 e. The summed E-state index contributed by atoms with van der Waals surface area (Å²) in [5.41, 5.74) is 0. The van der Waals surface area contributed by atoms with Crippen LogP contribution < -0.4 is 0 Å². The van der Waals surface area contributed by atoms with Crippen molar-refractivity contribution in [3.63, 3.8) is 0 Å². The Hall–Kier alpha value is -3.01. The predicted molar refractivity (Wildman–Crippen MR) is 130 cm³/mol. The van der Waals surface area contributed by atoms with Crippen molar-refractivity contribution in [2.75, 3.05) is 0 Å². The Kier molecular flexibility index (Phi) is 3.38. The van der Waals surface area contributed by atoms with Gasteiger partial charge in [-0.05, 0) is 49.2 Å². The first-order valence-corrected chi connectivity index (χ1v) is 13.1. The maximum absolute atomic E-state index is 12.6. The van der Waals surface area contributed by atoms with Crippen LogP contribution in [0.2, 0.25) is 5.02 Å². The Morgan fingerprint density at radius 1 is 0.515 bits per heavy atom. The number of halogens is 1. The molecule has 7 aromatic carbocycles. The van der Waals surface area contributed by atoms with Crippen LogP contribution in [0.4, 0.5) is 0 Å². The van der Waals surface area contributed by atoms with E-state index in [1.807, 2.05) is 36.4 Å². The van der Waals surface area contributed by atoms with Crippen LogP contribution in [-0.2, 0) is 20.2 Å². The van der Waals surface area contributed by atoms with E-state index in [9.17, 15) is 25.9 Å². The van der Waals surface area contributed by atoms with Crippen LogP contribution in [0.5, 0.6) is 0 Å². The summed E-state index contributed by atoms with van der Waals surface area (Å²) in [6, 6.07) is 16.4. The Bertz CT molecular complexity index is 2180. The minimum Gasteiger partial charge on any atom is -0.282 e. The molecule has 0 heterocycles. The van der Waals surface area contributed by atoms with E-state index in [1.165, 1.54) is 6.07 Å². The van der Waals surface area contributed by atoms with Crippen LogP contribution in [0.1, 0.15) is 0 Å². The van der Waals surface area contributed by atoms with E-state index >= 15 is 0 Å². The maximum Gasteiger partial charge on any atom is 0.296 e. The molecule has 7 rings (SSSR count). The van der Waals surface area contributed by atoms with Crippen LogP contribution in [0.25, 0.3) is 64.6 Å². The fourth-order valence-corrected chi connectivity index (χ4v) is 8.16. The second-order valence-corrected chi connectivity index (χ2v) is 11.4. The summed E-state index contributed by atoms with van der Waals surface area (Å²) in [6.45, 7) is 0. The van der Waals surface area contributed by atoms with Gasteiger partial charge in [0.15, 0.2) is 0 Å². The third kappa shape index (κ3) is 2.24. The molecule has 6 nitrogen and oxygen atoms in total. The molecule has 0 aliphatic heterocycles. The van der Waals surface area contributed by atoms with Gasteiger partial charge in [0.25, 0.3) is 20.2 Å². The first-order valence-electron chi connectivity index (χ1n) is 9.85. The van der Waals surface area contributed by atoms with Crippen molar-refractivity contribution in [3.8, 4) is 0 Å². The van der Waals surface area contributed by atoms with E-state index in [0.29, 0.717) is 10.8 Å². The second kappa shape index (κ2) is 5.72. The quantitative estimate of drug-likeness (QED) is 0.171. The summed E-state index contributed by atoms with van der Waals surface area (Å²) in [5, 5.41) is 7.49. The molecular weight excluding hydrogens is 484 g/mol. The lowest BCUT2D eigenvalue weighted by Gasteiger charge is -2.23. The maximum atomic E-state index is 12.6. The predicted octanol–water partition coefficient (Wildman–Crippen LogP) is 6.07. The average Bonchev–Trinajstić information content (AvgIpc) is 2.75. The fourth-order valence-electron chi connectivity index (χ4n) is 5.57. The van der Waals surface area contributed by atoms with Crippen LogP contribution >= 0.6 is 11.6 Å². The highest BCUT2D eigenvalue weighted by molar-refractivity contribution is 7.89. The van der Waals surface area contributed by atoms with E-state index in [2.05, 4.69) is 0 Å². The Balaban J connectivity index is 2.06. The molecule has 33 heavy (non-hydrogen) atoms. The minimum absolute atomic E-state index is 0.00713. The largest absolute Gasteiger partial charge is 0.296 e. The normalized spacial score (nSPS) is 13.8. The third-order valence-corrected chi connectivity index (χ3v) is 8.94. The van der Waals surface area contributed by atoms with Crippen molar-refractivity contribution in [2.24, 2.45) is 0 Å². The summed E-state index contributed by atoms with van der Waals surface area (Å²) >= 11 is 6.56. The first kappa shape index (κ1) is 19.5. The highest BCUT2D eigenvalue weighted by Crippen LogP contribution is 2.52. The highest BCUT2D eigenvalue weighted by Gasteiger charge is 2.34. The number of hydrogen-bond acceptors (Lipinski definition) is 4. The summed E-state index contributed by atoms with van der Waals surface area (Å²) in [4.78, 5) is -1.79. The van der Waals surface area contributed by atoms with Crippen LogP contribution in [0, 0.1) is 0 Å². The average molecular weight is 495 g/mol. The molecule has 162 valence electrons. The zero-order valence-electron chi connectivity index (χ0n) is 16.4. The molecule has 0 saturated heterocycles. The zero-order chi connectivity index (χ0) is 23.0. The molecule has 9 heteroatoms. The number of benzene rings is 7. The van der Waals surface area contributed by atoms with Gasteiger partial charge in [0.1, 0.15) is 9.79 Å². The number of hydrogen-bond donors (Lipinski definition) is 2. The van der Waals surface area contributed by atoms with Gasteiger partial charge in [-0.25, -0.2) is 0 Å². The molecule has 0 saturated carbocycles. The van der Waals surface area contributed by atoms with Crippen LogP contribution in [0.3, 0.4) is 0 Å². The van der Waals surface area contributed by atoms with Gasteiger partial charge < -0.3 is 0 Å². The van der Waals surface area contributed by atoms with Crippen molar-refractivity contribution >= 4 is 96.5 Å². The molecule has 0 aliphatic rings. The van der Waals surface area contributed by atoms with Crippen molar-refractivity contribution in [2.45, 2.75) is 9.79 Å². The van der Waals surface area contributed by atoms with Gasteiger partial charge in [0.05, 0.1) is 5.02 Å². The zero-order valence-corrected chi connectivity index (χ0v) is 18.8. The van der Waals surface area contributed by atoms with Gasteiger partial charge in [-0.3, -0.25) is 9.11 Å². The lowest BCUT2D eigenvalue weighted by molar-refractivity contribution is 0.469. The van der Waals surface area contributed by atoms with Crippen molar-refractivity contribution in [3.05, 3.63) is 59.6 Å². The summed E-state index contributed by atoms with van der Waals surface area (Å²) < 4.78 is 70.5. The molecule has 0 radical (unpaired) electrons. The lowest BCUT2D eigenvalue weighted by Crippen LogP contribution is -2.11. The van der Waals surface area contributed by atoms with Crippen molar-refractivity contribution in [1.82, 2.24) is 0 Å². The SMILES string of the molecule is O=S(=O)(O)c1c(S(=O)(=O)O)c2c(Cl)cc3ccc4ccc5ccc6ccc1c1c6c5c4c3c21. The minimum atomic E-state index is -5.10. The molecule has 0 unspecified atom stereocenters. The van der Waals surface area contributed by atoms with Gasteiger partial charge in [0.2, 0.25) is 0 Å². The van der Waals surface area contributed by atoms with Gasteiger partial charge in [-0.1, -0.05) is 60.1 Å². The molecule has 7 aromatic rings. The Morgan fingerprint density at radius 3 is 1.45 bits per heavy atom. The molecule has 0 fully saturated rings. The summed E-state index contributed by atoms with van der Waals surface area (Å²) in [6.07, 6.45) is 0. The van der Waals surface area contributed by atoms with E-state index in [1.54, 1.807) is 12.1 Å². The summed E-state index contributed by atoms with van der Waals surface area (Å²) in [5.74, 6) is 0. The van der Waals surface area contributed by atoms with Gasteiger partial charge >= 0.3 is 0 Å². The van der Waals surface area contributed by atoms with E-state index in [-0.39, 0.29) is 15.8 Å². The van der Waals surface area contributed by atoms with Gasteiger partial charge in [-0.2, -0.15) is 16.8 Å². The standard InChI is InChI=1S/C24H11ClO6S2/c25-15-9-13-6-5-11-2-1-10-3-4-12-7-8-14-20-18(12)16(10)17(11)19(13)22(20)21(15)24(33(29,30)31)23(14)32(26,27)28/h1-9H,(H,26,27,28)(H,29,30,31). The topological polar surface area (TPSA) is 109 Å². The van der Waals surface area contributed by atoms with E-state index in [4.69, 9.17) is 11.6 Å². The highest BCUT2D eigenvalue weighted by atomic mass is 35.5. The number of rotatable bonds is 2. The molecule has 0 atom stereocenters. The van der Waals surface area contributed by atoms with Gasteiger partial charge in [-0.15, -0.1) is 0 Å². The van der Waals surface area contributed by atoms with Crippen LogP contribution in [0.15, 0.2) is 64.4 Å². The third-order valence-electron chi connectivity index (χ3n) is 6.65. The molecule has 0 spiro atoms.